The second kappa shape index (κ2) is 12.9. The zero-order valence-electron chi connectivity index (χ0n) is 32.2. The van der Waals surface area contributed by atoms with Crippen molar-refractivity contribution in [3.63, 3.8) is 0 Å². The molecule has 0 radical (unpaired) electrons. The average molecular weight is 784 g/mol. The number of thiophene rings is 1. The Labute approximate surface area is 348 Å². The van der Waals surface area contributed by atoms with Crippen LogP contribution in [0.5, 0.6) is 0 Å². The van der Waals surface area contributed by atoms with Gasteiger partial charge in [-0.1, -0.05) is 121 Å². The van der Waals surface area contributed by atoms with Gasteiger partial charge in [0.2, 0.25) is 0 Å². The molecule has 4 aromatic heterocycles. The van der Waals surface area contributed by atoms with Gasteiger partial charge in [-0.25, -0.2) is 4.98 Å². The van der Waals surface area contributed by atoms with Gasteiger partial charge in [0.15, 0.2) is 0 Å². The molecule has 13 aromatic rings. The smallest absolute Gasteiger partial charge is 0.145 e. The summed E-state index contributed by atoms with van der Waals surface area (Å²) in [5.41, 5.74) is 13.8. The van der Waals surface area contributed by atoms with Gasteiger partial charge in [0.05, 0.1) is 22.1 Å². The summed E-state index contributed by atoms with van der Waals surface area (Å²) < 4.78 is 14.3. The maximum atomic E-state index is 6.95. The number of aromatic nitrogens is 3. The van der Waals surface area contributed by atoms with E-state index >= 15 is 0 Å². The van der Waals surface area contributed by atoms with Crippen molar-refractivity contribution in [1.29, 1.82) is 0 Å². The van der Waals surface area contributed by atoms with E-state index in [9.17, 15) is 0 Å². The van der Waals surface area contributed by atoms with Crippen LogP contribution >= 0.6 is 11.3 Å². The molecule has 0 amide bonds. The van der Waals surface area contributed by atoms with Crippen molar-refractivity contribution in [2.45, 2.75) is 0 Å². The summed E-state index contributed by atoms with van der Waals surface area (Å²) in [4.78, 5) is 5.21. The molecule has 4 heterocycles. The summed E-state index contributed by atoms with van der Waals surface area (Å²) in [6.45, 7) is 0. The molecule has 13 rings (SSSR count). The number of furan rings is 1. The minimum atomic E-state index is 0.852. The molecule has 280 valence electrons. The van der Waals surface area contributed by atoms with Gasteiger partial charge in [0.1, 0.15) is 17.0 Å². The first kappa shape index (κ1) is 33.3. The van der Waals surface area contributed by atoms with Crippen molar-refractivity contribution in [3.05, 3.63) is 200 Å². The van der Waals surface area contributed by atoms with E-state index in [-0.39, 0.29) is 0 Å². The summed E-state index contributed by atoms with van der Waals surface area (Å²) in [7, 11) is 0. The Morgan fingerprint density at radius 3 is 2.00 bits per heavy atom. The Bertz CT molecular complexity index is 3830. The lowest BCUT2D eigenvalue weighted by molar-refractivity contribution is 0.669. The summed E-state index contributed by atoms with van der Waals surface area (Å²) in [5, 5.41) is 7.35. The molecule has 4 nitrogen and oxygen atoms in total. The molecule has 0 N–H and O–H groups in total. The molecule has 0 bridgehead atoms. The van der Waals surface area contributed by atoms with Gasteiger partial charge in [-0.15, -0.1) is 11.3 Å². The number of nitrogens with zero attached hydrogens (tertiary/aromatic N) is 3. The van der Waals surface area contributed by atoms with Gasteiger partial charge in [0, 0.05) is 64.7 Å². The van der Waals surface area contributed by atoms with Crippen LogP contribution in [0.15, 0.2) is 205 Å². The predicted octanol–water partition coefficient (Wildman–Crippen LogP) is 15.4. The molecule has 0 spiro atoms. The zero-order chi connectivity index (χ0) is 39.3. The van der Waals surface area contributed by atoms with Gasteiger partial charge in [-0.3, -0.25) is 4.57 Å². The lowest BCUT2D eigenvalue weighted by atomic mass is 9.93. The topological polar surface area (TPSA) is 35.9 Å². The van der Waals surface area contributed by atoms with Gasteiger partial charge in [0.25, 0.3) is 0 Å². The first-order chi connectivity index (χ1) is 29.7. The molecule has 0 aliphatic heterocycles. The Kier molecular flexibility index (Phi) is 7.14. The minimum Gasteiger partial charge on any atom is -0.456 e. The van der Waals surface area contributed by atoms with Crippen LogP contribution in [0.4, 0.5) is 0 Å². The second-order valence-corrected chi connectivity index (χ2v) is 16.6. The van der Waals surface area contributed by atoms with E-state index in [0.29, 0.717) is 0 Å². The van der Waals surface area contributed by atoms with Crippen LogP contribution in [0.25, 0.3) is 120 Å². The first-order valence-electron chi connectivity index (χ1n) is 20.3. The van der Waals surface area contributed by atoms with Crippen molar-refractivity contribution in [3.8, 4) is 45.0 Å². The molecule has 0 aliphatic rings. The first-order valence-corrected chi connectivity index (χ1v) is 21.1. The van der Waals surface area contributed by atoms with E-state index in [1.165, 1.54) is 42.0 Å². The van der Waals surface area contributed by atoms with Crippen LogP contribution in [0, 0.1) is 0 Å². The monoisotopic (exact) mass is 783 g/mol. The fourth-order valence-corrected chi connectivity index (χ4v) is 10.7. The lowest BCUT2D eigenvalue weighted by Gasteiger charge is -2.12. The largest absolute Gasteiger partial charge is 0.456 e. The van der Waals surface area contributed by atoms with Crippen LogP contribution in [0.1, 0.15) is 0 Å². The predicted molar refractivity (Wildman–Crippen MR) is 252 cm³/mol. The molecule has 9 aromatic carbocycles. The molecule has 0 unspecified atom stereocenters. The normalized spacial score (nSPS) is 12.0. The van der Waals surface area contributed by atoms with E-state index in [4.69, 9.17) is 9.40 Å². The number of fused-ring (bicyclic) bond motifs is 11. The Balaban J connectivity index is 1.03. The molecular formula is C55H33N3OS. The van der Waals surface area contributed by atoms with Crippen molar-refractivity contribution < 1.29 is 4.42 Å². The molecule has 0 fully saturated rings. The fraction of sp³-hybridized carbons (Fsp3) is 0. The SMILES string of the molecule is c1ccc(-c2cc(-c3cccc(-c4nc5ccccc5n4-c4ccccc4)c3)c3c(c2)oc2cc(-n4c5ccccc5c5c6sc7ccccc7c6ccc54)ccc23)cc1. The van der Waals surface area contributed by atoms with Crippen LogP contribution in [-0.2, 0) is 0 Å². The van der Waals surface area contributed by atoms with E-state index in [0.717, 1.165) is 78.0 Å². The highest BCUT2D eigenvalue weighted by Crippen LogP contribution is 2.45. The van der Waals surface area contributed by atoms with E-state index < -0.39 is 0 Å². The maximum Gasteiger partial charge on any atom is 0.145 e. The van der Waals surface area contributed by atoms with E-state index in [2.05, 4.69) is 209 Å². The summed E-state index contributed by atoms with van der Waals surface area (Å²) in [6, 6.07) is 71.6. The number of para-hydroxylation sites is 4. The average Bonchev–Trinajstić information content (AvgIpc) is 4.08. The molecule has 0 atom stereocenters. The fourth-order valence-electron chi connectivity index (χ4n) is 9.46. The lowest BCUT2D eigenvalue weighted by Crippen LogP contribution is -1.97. The van der Waals surface area contributed by atoms with Crippen molar-refractivity contribution in [2.75, 3.05) is 0 Å². The van der Waals surface area contributed by atoms with Crippen LogP contribution < -0.4 is 0 Å². The summed E-state index contributed by atoms with van der Waals surface area (Å²) in [6.07, 6.45) is 0. The van der Waals surface area contributed by atoms with Crippen molar-refractivity contribution >= 4 is 86.3 Å². The Hall–Kier alpha value is -7.73. The Morgan fingerprint density at radius 1 is 0.400 bits per heavy atom. The van der Waals surface area contributed by atoms with Gasteiger partial charge >= 0.3 is 0 Å². The summed E-state index contributed by atoms with van der Waals surface area (Å²) in [5.74, 6) is 0.903. The molecule has 0 saturated carbocycles. The Morgan fingerprint density at radius 2 is 1.12 bits per heavy atom. The van der Waals surface area contributed by atoms with Crippen LogP contribution in [0.2, 0.25) is 0 Å². The third-order valence-electron chi connectivity index (χ3n) is 12.1. The van der Waals surface area contributed by atoms with Crippen molar-refractivity contribution in [1.82, 2.24) is 14.1 Å². The summed E-state index contributed by atoms with van der Waals surface area (Å²) >= 11 is 1.88. The maximum absolute atomic E-state index is 6.95. The molecule has 0 saturated heterocycles. The molecule has 60 heavy (non-hydrogen) atoms. The number of rotatable bonds is 5. The number of hydrogen-bond acceptors (Lipinski definition) is 3. The van der Waals surface area contributed by atoms with Gasteiger partial charge in [-0.2, -0.15) is 0 Å². The number of imidazole rings is 1. The number of hydrogen-bond donors (Lipinski definition) is 0. The third-order valence-corrected chi connectivity index (χ3v) is 13.3. The number of benzene rings is 9. The second-order valence-electron chi connectivity index (χ2n) is 15.5. The molecule has 5 heteroatoms. The van der Waals surface area contributed by atoms with Crippen molar-refractivity contribution in [2.24, 2.45) is 0 Å². The highest BCUT2D eigenvalue weighted by molar-refractivity contribution is 7.26. The third kappa shape index (κ3) is 4.93. The minimum absolute atomic E-state index is 0.852. The van der Waals surface area contributed by atoms with Gasteiger partial charge < -0.3 is 8.98 Å². The highest BCUT2D eigenvalue weighted by Gasteiger charge is 2.21. The van der Waals surface area contributed by atoms with E-state index in [1.54, 1.807) is 0 Å². The van der Waals surface area contributed by atoms with Crippen LogP contribution in [-0.4, -0.2) is 14.1 Å². The molecule has 0 aliphatic carbocycles. The zero-order valence-corrected chi connectivity index (χ0v) is 33.0. The quantitative estimate of drug-likeness (QED) is 0.174. The van der Waals surface area contributed by atoms with Crippen LogP contribution in [0.3, 0.4) is 0 Å². The molecular weight excluding hydrogens is 751 g/mol. The van der Waals surface area contributed by atoms with E-state index in [1.807, 2.05) is 11.3 Å². The standard InChI is InChI=1S/C55H33N3OS/c1-3-14-34(15-4-1)37-31-44(35-16-13-17-36(30-35)55-56-45-22-9-11-24-47(45)58(55)38-18-5-2-6-19-38)52-43-27-26-39(33-49(43)59-50(52)32-37)57-46-23-10-7-21-42(46)53-48(57)29-28-41-40-20-8-12-25-51(40)60-54(41)53/h1-33H. The highest BCUT2D eigenvalue weighted by atomic mass is 32.1. The van der Waals surface area contributed by atoms with Gasteiger partial charge in [-0.05, 0) is 95.1 Å².